The molecule has 4 unspecified atom stereocenters. The number of aliphatic hydroxyl groups excluding tert-OH is 1. The van der Waals surface area contributed by atoms with Gasteiger partial charge in [0.2, 0.25) is 0 Å². The molecule has 1 aromatic carbocycles. The fraction of sp³-hybridized carbons (Fsp3) is 0.385. The minimum absolute atomic E-state index is 0.0198. The molecule has 1 heterocycles. The first-order valence-corrected chi connectivity index (χ1v) is 6.93. The van der Waals surface area contributed by atoms with Gasteiger partial charge in [-0.25, -0.2) is 15.2 Å². The SMILES string of the molecule is COC(=O)C1CC(O)CN1C(=O)c1ccc([NH+]([O-])O)cc1[NH+]([O-])O. The number of carbonyl (C=O) groups is 2. The van der Waals surface area contributed by atoms with Gasteiger partial charge < -0.3 is 25.2 Å². The van der Waals surface area contributed by atoms with Gasteiger partial charge in [0.1, 0.15) is 11.6 Å². The van der Waals surface area contributed by atoms with Crippen LogP contribution < -0.4 is 10.5 Å². The van der Waals surface area contributed by atoms with Crippen LogP contribution in [0.5, 0.6) is 0 Å². The van der Waals surface area contributed by atoms with Gasteiger partial charge in [-0.15, -0.1) is 0 Å². The Bertz CT molecular complexity index is 636. The number of aliphatic hydroxyl groups is 1. The fourth-order valence-electron chi connectivity index (χ4n) is 2.59. The standard InChI is InChI=1S/C13H17N3O8/c1-24-13(19)11-5-8(17)6-14(11)12(18)9-3-2-7(15(20)21)4-10(9)16(22)23/h2-4,8,11,15-17,20,22H,5-6H2,1H3. The zero-order valence-electron chi connectivity index (χ0n) is 12.6. The Kier molecular flexibility index (Phi) is 5.46. The molecule has 1 fully saturated rings. The highest BCUT2D eigenvalue weighted by atomic mass is 16.8. The van der Waals surface area contributed by atoms with Crippen LogP contribution in [-0.4, -0.2) is 58.1 Å². The van der Waals surface area contributed by atoms with Gasteiger partial charge in [-0.1, -0.05) is 0 Å². The lowest BCUT2D eigenvalue weighted by molar-refractivity contribution is -0.996. The highest BCUT2D eigenvalue weighted by Gasteiger charge is 2.41. The third kappa shape index (κ3) is 3.52. The van der Waals surface area contributed by atoms with Crippen molar-refractivity contribution >= 4 is 23.3 Å². The van der Waals surface area contributed by atoms with E-state index in [1.807, 2.05) is 0 Å². The van der Waals surface area contributed by atoms with Gasteiger partial charge in [0, 0.05) is 19.0 Å². The second-order valence-corrected chi connectivity index (χ2v) is 5.26. The predicted octanol–water partition coefficient (Wildman–Crippen LogP) is -2.76. The molecule has 0 saturated carbocycles. The van der Waals surface area contributed by atoms with Crippen LogP contribution in [0.1, 0.15) is 16.8 Å². The van der Waals surface area contributed by atoms with Crippen molar-refractivity contribution in [2.45, 2.75) is 18.6 Å². The Balaban J connectivity index is 2.39. The molecule has 132 valence electrons. The van der Waals surface area contributed by atoms with Crippen molar-refractivity contribution in [1.82, 2.24) is 4.90 Å². The maximum atomic E-state index is 12.6. The van der Waals surface area contributed by atoms with Crippen molar-refractivity contribution in [3.8, 4) is 0 Å². The molecule has 1 aromatic rings. The molecule has 0 aliphatic carbocycles. The maximum absolute atomic E-state index is 12.6. The summed E-state index contributed by atoms with van der Waals surface area (Å²) in [5.41, 5.74) is -1.05. The molecule has 1 amide bonds. The lowest BCUT2D eigenvalue weighted by Crippen LogP contribution is -3.01. The molecule has 11 heteroatoms. The first-order valence-electron chi connectivity index (χ1n) is 6.93. The van der Waals surface area contributed by atoms with Crippen molar-refractivity contribution in [3.63, 3.8) is 0 Å². The second kappa shape index (κ2) is 7.19. The molecule has 0 spiro atoms. The summed E-state index contributed by atoms with van der Waals surface area (Å²) in [4.78, 5) is 25.4. The number of β-amino-alcohol motifs (C(OH)–C–C–N with tert-alkyl or cyclic N) is 1. The van der Waals surface area contributed by atoms with Crippen LogP contribution in [0.2, 0.25) is 0 Å². The lowest BCUT2D eigenvalue weighted by Gasteiger charge is -2.24. The van der Waals surface area contributed by atoms with Crippen LogP contribution in [0.4, 0.5) is 11.4 Å². The van der Waals surface area contributed by atoms with Gasteiger partial charge in [0.05, 0.1) is 19.3 Å². The van der Waals surface area contributed by atoms with Crippen molar-refractivity contribution in [2.75, 3.05) is 13.7 Å². The Morgan fingerprint density at radius 3 is 2.50 bits per heavy atom. The predicted molar refractivity (Wildman–Crippen MR) is 75.5 cm³/mol. The largest absolute Gasteiger partial charge is 0.595 e. The molecule has 2 rings (SSSR count). The number of methoxy groups -OCH3 is 1. The number of amides is 1. The third-order valence-electron chi connectivity index (χ3n) is 3.74. The van der Waals surface area contributed by atoms with Crippen LogP contribution >= 0.6 is 0 Å². The Morgan fingerprint density at radius 1 is 1.29 bits per heavy atom. The van der Waals surface area contributed by atoms with E-state index in [0.717, 1.165) is 30.2 Å². The number of carbonyl (C=O) groups excluding carboxylic acids is 2. The number of rotatable bonds is 4. The summed E-state index contributed by atoms with van der Waals surface area (Å²) in [5.74, 6) is -1.52. The Labute approximate surface area is 135 Å². The number of nitrogens with zero attached hydrogens (tertiary/aromatic N) is 1. The highest BCUT2D eigenvalue weighted by Crippen LogP contribution is 2.24. The number of nitrogens with one attached hydrogen (secondary N) is 2. The van der Waals surface area contributed by atoms with Crippen LogP contribution in [0.15, 0.2) is 18.2 Å². The monoisotopic (exact) mass is 343 g/mol. The molecular weight excluding hydrogens is 326 g/mol. The molecule has 1 saturated heterocycles. The number of hydrogen-bond donors (Lipinski definition) is 5. The van der Waals surface area contributed by atoms with E-state index in [-0.39, 0.29) is 24.2 Å². The maximum Gasteiger partial charge on any atom is 0.328 e. The van der Waals surface area contributed by atoms with Crippen molar-refractivity contribution in [3.05, 3.63) is 34.2 Å². The van der Waals surface area contributed by atoms with E-state index in [1.54, 1.807) is 0 Å². The van der Waals surface area contributed by atoms with Gasteiger partial charge in [0.25, 0.3) is 5.91 Å². The van der Waals surface area contributed by atoms with E-state index in [9.17, 15) is 30.3 Å². The van der Waals surface area contributed by atoms with E-state index in [0.29, 0.717) is 0 Å². The average molecular weight is 343 g/mol. The summed E-state index contributed by atoms with van der Waals surface area (Å²) in [6.07, 6.45) is -0.960. The first-order chi connectivity index (χ1) is 11.3. The molecule has 0 bridgehead atoms. The minimum atomic E-state index is -1.48. The Hall–Kier alpha value is -2.12. The topological polar surface area (TPSA) is 162 Å². The average Bonchev–Trinajstić information content (AvgIpc) is 2.94. The van der Waals surface area contributed by atoms with Crippen LogP contribution in [0.3, 0.4) is 0 Å². The first kappa shape index (κ1) is 18.2. The van der Waals surface area contributed by atoms with E-state index in [2.05, 4.69) is 4.74 Å². The molecular formula is C13H17N3O8. The lowest BCUT2D eigenvalue weighted by atomic mass is 10.1. The molecule has 1 aliphatic rings. The van der Waals surface area contributed by atoms with Crippen molar-refractivity contribution < 1.29 is 40.3 Å². The van der Waals surface area contributed by atoms with Crippen molar-refractivity contribution in [1.29, 1.82) is 0 Å². The van der Waals surface area contributed by atoms with Gasteiger partial charge in [-0.2, -0.15) is 10.5 Å². The van der Waals surface area contributed by atoms with Gasteiger partial charge in [-0.05, 0) is 6.07 Å². The molecule has 0 radical (unpaired) electrons. The summed E-state index contributed by atoms with van der Waals surface area (Å²) in [6.45, 7) is -0.154. The summed E-state index contributed by atoms with van der Waals surface area (Å²) in [7, 11) is 1.14. The highest BCUT2D eigenvalue weighted by molar-refractivity contribution is 6.00. The quantitative estimate of drug-likeness (QED) is 0.290. The molecule has 1 aliphatic heterocycles. The van der Waals surface area contributed by atoms with Gasteiger partial charge in [-0.3, -0.25) is 4.79 Å². The summed E-state index contributed by atoms with van der Waals surface area (Å²) in [6, 6.07) is 2.02. The van der Waals surface area contributed by atoms with E-state index in [4.69, 9.17) is 5.21 Å². The van der Waals surface area contributed by atoms with Crippen LogP contribution in [0, 0.1) is 10.4 Å². The zero-order chi connectivity index (χ0) is 18.0. The van der Waals surface area contributed by atoms with Crippen LogP contribution in [0.25, 0.3) is 0 Å². The van der Waals surface area contributed by atoms with Gasteiger partial charge in [0.15, 0.2) is 11.4 Å². The summed E-state index contributed by atoms with van der Waals surface area (Å²) < 4.78 is 4.59. The number of quaternary nitrogens is 2. The molecule has 11 nitrogen and oxygen atoms in total. The zero-order valence-corrected chi connectivity index (χ0v) is 12.6. The van der Waals surface area contributed by atoms with Crippen molar-refractivity contribution in [2.24, 2.45) is 0 Å². The van der Waals surface area contributed by atoms with Crippen LogP contribution in [-0.2, 0) is 9.53 Å². The number of benzene rings is 1. The molecule has 4 atom stereocenters. The number of hydrogen-bond acceptors (Lipinski definition) is 8. The second-order valence-electron chi connectivity index (χ2n) is 5.26. The summed E-state index contributed by atoms with van der Waals surface area (Å²) in [5, 5.41) is 47.4. The number of ether oxygens (including phenoxy) is 1. The number of likely N-dealkylation sites (tertiary alicyclic amines) is 1. The Morgan fingerprint density at radius 2 is 1.96 bits per heavy atom. The minimum Gasteiger partial charge on any atom is -0.595 e. The molecule has 5 N–H and O–H groups in total. The number of esters is 1. The molecule has 0 aromatic heterocycles. The van der Waals surface area contributed by atoms with E-state index >= 15 is 0 Å². The van der Waals surface area contributed by atoms with E-state index < -0.39 is 40.2 Å². The fourth-order valence-corrected chi connectivity index (χ4v) is 2.59. The molecule has 24 heavy (non-hydrogen) atoms. The normalized spacial score (nSPS) is 23.0. The van der Waals surface area contributed by atoms with Gasteiger partial charge >= 0.3 is 5.97 Å². The summed E-state index contributed by atoms with van der Waals surface area (Å²) >= 11 is 0. The smallest absolute Gasteiger partial charge is 0.328 e. The van der Waals surface area contributed by atoms with E-state index in [1.165, 1.54) is 0 Å². The third-order valence-corrected chi connectivity index (χ3v) is 3.74.